The average molecular weight is 457 g/mol. The summed E-state index contributed by atoms with van der Waals surface area (Å²) in [7, 11) is -2.31. The zero-order valence-corrected chi connectivity index (χ0v) is 18.5. The largest absolute Gasteiger partial charge is 0.494 e. The molecular formula is C20H25ClN2O6S. The number of nitrogens with one attached hydrogen (secondary N) is 2. The second-order valence-corrected chi connectivity index (χ2v) is 8.46. The second-order valence-electron chi connectivity index (χ2n) is 6.37. The molecule has 0 aromatic heterocycles. The number of carbonyl (C=O) groups excluding carboxylic acids is 1. The zero-order chi connectivity index (χ0) is 22.1. The third-order valence-electron chi connectivity index (χ3n) is 3.81. The number of amides is 1. The van der Waals surface area contributed by atoms with Crippen LogP contribution in [0.4, 0.5) is 5.69 Å². The molecule has 0 heterocycles. The van der Waals surface area contributed by atoms with E-state index in [0.717, 1.165) is 0 Å². The Hall–Kier alpha value is -2.49. The normalized spacial score (nSPS) is 12.1. The molecule has 0 radical (unpaired) electrons. The number of methoxy groups -OCH3 is 1. The van der Waals surface area contributed by atoms with Gasteiger partial charge in [-0.3, -0.25) is 9.52 Å². The zero-order valence-electron chi connectivity index (χ0n) is 17.0. The van der Waals surface area contributed by atoms with Gasteiger partial charge in [0.15, 0.2) is 6.61 Å². The van der Waals surface area contributed by atoms with Gasteiger partial charge in [-0.05, 0) is 56.3 Å². The van der Waals surface area contributed by atoms with E-state index in [-0.39, 0.29) is 34.2 Å². The van der Waals surface area contributed by atoms with Gasteiger partial charge < -0.3 is 19.5 Å². The van der Waals surface area contributed by atoms with Gasteiger partial charge in [-0.1, -0.05) is 11.6 Å². The summed E-state index contributed by atoms with van der Waals surface area (Å²) in [6.07, 6.45) is 0. The lowest BCUT2D eigenvalue weighted by molar-refractivity contribution is -0.124. The summed E-state index contributed by atoms with van der Waals surface area (Å²) in [6.45, 7) is 4.30. The topological polar surface area (TPSA) is 103 Å². The summed E-state index contributed by atoms with van der Waals surface area (Å²) >= 11 is 6.15. The molecule has 0 aliphatic rings. The molecule has 30 heavy (non-hydrogen) atoms. The highest BCUT2D eigenvalue weighted by Gasteiger charge is 2.17. The lowest BCUT2D eigenvalue weighted by Gasteiger charge is -2.14. The van der Waals surface area contributed by atoms with Crippen molar-refractivity contribution in [2.45, 2.75) is 24.8 Å². The standard InChI is InChI=1S/C20H25ClN2O6S/c1-4-28-16-7-5-15(6-8-16)23-30(25,26)17-9-10-19(18(21)11-17)29-13-20(24)22-14(2)12-27-3/h5-11,14,23H,4,12-13H2,1-3H3,(H,22,24)/t14-/m1/s1. The third-order valence-corrected chi connectivity index (χ3v) is 5.49. The maximum absolute atomic E-state index is 12.6. The van der Waals surface area contributed by atoms with E-state index in [2.05, 4.69) is 10.0 Å². The SMILES string of the molecule is CCOc1ccc(NS(=O)(=O)c2ccc(OCC(=O)N[C@H](C)COC)c(Cl)c2)cc1. The Balaban J connectivity index is 2.01. The summed E-state index contributed by atoms with van der Waals surface area (Å²) < 4.78 is 43.4. The molecule has 1 atom stereocenters. The molecule has 0 aliphatic carbocycles. The van der Waals surface area contributed by atoms with Gasteiger partial charge in [0.2, 0.25) is 0 Å². The van der Waals surface area contributed by atoms with E-state index in [9.17, 15) is 13.2 Å². The van der Waals surface area contributed by atoms with Crippen molar-refractivity contribution in [2.24, 2.45) is 0 Å². The Bertz CT molecular complexity index is 950. The first kappa shape index (κ1) is 23.8. The quantitative estimate of drug-likeness (QED) is 0.538. The molecular weight excluding hydrogens is 432 g/mol. The minimum absolute atomic E-state index is 0.0353. The fraction of sp³-hybridized carbons (Fsp3) is 0.350. The minimum atomic E-state index is -3.86. The van der Waals surface area contributed by atoms with Crippen molar-refractivity contribution in [3.05, 3.63) is 47.5 Å². The Morgan fingerprint density at radius 3 is 2.43 bits per heavy atom. The molecule has 0 bridgehead atoms. The average Bonchev–Trinajstić information content (AvgIpc) is 2.68. The number of sulfonamides is 1. The van der Waals surface area contributed by atoms with Gasteiger partial charge in [-0.25, -0.2) is 8.42 Å². The Morgan fingerprint density at radius 1 is 1.13 bits per heavy atom. The molecule has 8 nitrogen and oxygen atoms in total. The van der Waals surface area contributed by atoms with Crippen molar-refractivity contribution in [3.63, 3.8) is 0 Å². The van der Waals surface area contributed by atoms with Crippen LogP contribution >= 0.6 is 11.6 Å². The highest BCUT2D eigenvalue weighted by Crippen LogP contribution is 2.28. The van der Waals surface area contributed by atoms with Crippen LogP contribution < -0.4 is 19.5 Å². The van der Waals surface area contributed by atoms with Gasteiger partial charge in [0.25, 0.3) is 15.9 Å². The van der Waals surface area contributed by atoms with Crippen LogP contribution in [0.25, 0.3) is 0 Å². The molecule has 0 spiro atoms. The third kappa shape index (κ3) is 7.08. The lowest BCUT2D eigenvalue weighted by Crippen LogP contribution is -2.38. The van der Waals surface area contributed by atoms with Gasteiger partial charge in [0.05, 0.1) is 23.1 Å². The monoisotopic (exact) mass is 456 g/mol. The maximum atomic E-state index is 12.6. The summed E-state index contributed by atoms with van der Waals surface area (Å²) in [4.78, 5) is 11.8. The van der Waals surface area contributed by atoms with E-state index < -0.39 is 10.0 Å². The van der Waals surface area contributed by atoms with Crippen LogP contribution in [0.5, 0.6) is 11.5 Å². The van der Waals surface area contributed by atoms with Crippen molar-refractivity contribution in [1.29, 1.82) is 0 Å². The molecule has 1 amide bonds. The van der Waals surface area contributed by atoms with E-state index in [1.54, 1.807) is 38.3 Å². The van der Waals surface area contributed by atoms with Crippen LogP contribution in [0.15, 0.2) is 47.4 Å². The molecule has 0 aliphatic heterocycles. The molecule has 2 rings (SSSR count). The van der Waals surface area contributed by atoms with Crippen molar-refractivity contribution >= 4 is 33.2 Å². The Kier molecular flexibility index (Phi) is 8.76. The number of hydrogen-bond donors (Lipinski definition) is 2. The molecule has 2 N–H and O–H groups in total. The summed E-state index contributed by atoms with van der Waals surface area (Å²) in [6, 6.07) is 10.4. The molecule has 0 saturated heterocycles. The van der Waals surface area contributed by atoms with Crippen LogP contribution in [0.1, 0.15) is 13.8 Å². The Morgan fingerprint density at radius 2 is 1.83 bits per heavy atom. The summed E-state index contributed by atoms with van der Waals surface area (Å²) in [5.74, 6) is 0.501. The molecule has 0 saturated carbocycles. The number of anilines is 1. The minimum Gasteiger partial charge on any atom is -0.494 e. The van der Waals surface area contributed by atoms with E-state index in [1.807, 2.05) is 6.92 Å². The first-order chi connectivity index (χ1) is 14.2. The van der Waals surface area contributed by atoms with Crippen LogP contribution in [-0.4, -0.2) is 47.3 Å². The smallest absolute Gasteiger partial charge is 0.261 e. The molecule has 0 fully saturated rings. The van der Waals surface area contributed by atoms with Crippen molar-refractivity contribution in [3.8, 4) is 11.5 Å². The van der Waals surface area contributed by atoms with Crippen molar-refractivity contribution in [2.75, 3.05) is 31.7 Å². The number of benzene rings is 2. The van der Waals surface area contributed by atoms with Crippen LogP contribution in [0, 0.1) is 0 Å². The Labute approximate surface area is 181 Å². The van der Waals surface area contributed by atoms with E-state index in [0.29, 0.717) is 24.7 Å². The number of hydrogen-bond acceptors (Lipinski definition) is 6. The maximum Gasteiger partial charge on any atom is 0.261 e. The van der Waals surface area contributed by atoms with E-state index in [4.69, 9.17) is 25.8 Å². The van der Waals surface area contributed by atoms with Crippen molar-refractivity contribution in [1.82, 2.24) is 5.32 Å². The first-order valence-electron chi connectivity index (χ1n) is 9.21. The molecule has 164 valence electrons. The van der Waals surface area contributed by atoms with E-state index >= 15 is 0 Å². The van der Waals surface area contributed by atoms with Gasteiger partial charge in [0.1, 0.15) is 11.5 Å². The van der Waals surface area contributed by atoms with Crippen LogP contribution in [0.2, 0.25) is 5.02 Å². The number of carbonyl (C=O) groups is 1. The molecule has 0 unspecified atom stereocenters. The molecule has 10 heteroatoms. The number of ether oxygens (including phenoxy) is 3. The highest BCUT2D eigenvalue weighted by molar-refractivity contribution is 7.92. The predicted molar refractivity (Wildman–Crippen MR) is 115 cm³/mol. The van der Waals surface area contributed by atoms with Gasteiger partial charge in [0, 0.05) is 18.8 Å². The van der Waals surface area contributed by atoms with Gasteiger partial charge in [-0.15, -0.1) is 0 Å². The highest BCUT2D eigenvalue weighted by atomic mass is 35.5. The van der Waals surface area contributed by atoms with Gasteiger partial charge in [-0.2, -0.15) is 0 Å². The van der Waals surface area contributed by atoms with Crippen LogP contribution in [0.3, 0.4) is 0 Å². The fourth-order valence-corrected chi connectivity index (χ4v) is 3.90. The van der Waals surface area contributed by atoms with Crippen LogP contribution in [-0.2, 0) is 19.6 Å². The van der Waals surface area contributed by atoms with Gasteiger partial charge >= 0.3 is 0 Å². The summed E-state index contributed by atoms with van der Waals surface area (Å²) in [5, 5.41) is 2.77. The van der Waals surface area contributed by atoms with Crippen molar-refractivity contribution < 1.29 is 27.4 Å². The summed E-state index contributed by atoms with van der Waals surface area (Å²) in [5.41, 5.74) is 0.386. The number of rotatable bonds is 11. The fourth-order valence-electron chi connectivity index (χ4n) is 2.52. The number of halogens is 1. The first-order valence-corrected chi connectivity index (χ1v) is 11.1. The lowest BCUT2D eigenvalue weighted by atomic mass is 10.3. The molecule has 2 aromatic rings. The predicted octanol–water partition coefficient (Wildman–Crippen LogP) is 3.07. The molecule has 2 aromatic carbocycles. The van der Waals surface area contributed by atoms with E-state index in [1.165, 1.54) is 18.2 Å². The second kappa shape index (κ2) is 11.1.